The van der Waals surface area contributed by atoms with Crippen LogP contribution < -0.4 is 19.5 Å². The van der Waals surface area contributed by atoms with Crippen LogP contribution in [0.15, 0.2) is 42.6 Å². The molecule has 1 N–H and O–H groups in total. The zero-order chi connectivity index (χ0) is 23.5. The van der Waals surface area contributed by atoms with Crippen molar-refractivity contribution in [1.29, 1.82) is 0 Å². The summed E-state index contributed by atoms with van der Waals surface area (Å²) in [4.78, 5) is 33.7. The predicted molar refractivity (Wildman–Crippen MR) is 118 cm³/mol. The van der Waals surface area contributed by atoms with Gasteiger partial charge in [-0.1, -0.05) is 0 Å². The SMILES string of the molecule is COc1cc([C@@H]2CC(=O)c3cnc(NC(=O)c4ccc(F)cc4)nc3C2)cc(OC)c1OC. The maximum Gasteiger partial charge on any atom is 0.258 e. The smallest absolute Gasteiger partial charge is 0.258 e. The second-order valence-electron chi connectivity index (χ2n) is 7.50. The van der Waals surface area contributed by atoms with Gasteiger partial charge in [0.25, 0.3) is 5.91 Å². The van der Waals surface area contributed by atoms with Crippen molar-refractivity contribution < 1.29 is 28.2 Å². The van der Waals surface area contributed by atoms with Crippen LogP contribution in [-0.4, -0.2) is 43.0 Å². The van der Waals surface area contributed by atoms with Gasteiger partial charge in [0.15, 0.2) is 17.3 Å². The monoisotopic (exact) mass is 451 g/mol. The molecule has 1 aliphatic carbocycles. The predicted octanol–water partition coefficient (Wildman–Crippen LogP) is 3.81. The van der Waals surface area contributed by atoms with Crippen molar-refractivity contribution in [2.75, 3.05) is 26.6 Å². The Morgan fingerprint density at radius 2 is 1.70 bits per heavy atom. The van der Waals surface area contributed by atoms with Crippen molar-refractivity contribution in [3.05, 3.63) is 70.8 Å². The zero-order valence-corrected chi connectivity index (χ0v) is 18.3. The van der Waals surface area contributed by atoms with Crippen molar-refractivity contribution >= 4 is 17.6 Å². The van der Waals surface area contributed by atoms with E-state index < -0.39 is 11.7 Å². The van der Waals surface area contributed by atoms with Gasteiger partial charge in [0, 0.05) is 18.2 Å². The second-order valence-corrected chi connectivity index (χ2v) is 7.50. The van der Waals surface area contributed by atoms with Crippen LogP contribution in [0.4, 0.5) is 10.3 Å². The average molecular weight is 451 g/mol. The lowest BCUT2D eigenvalue weighted by Crippen LogP contribution is -2.22. The topological polar surface area (TPSA) is 99.6 Å². The molecular formula is C24H22FN3O5. The number of rotatable bonds is 6. The molecule has 0 radical (unpaired) electrons. The summed E-state index contributed by atoms with van der Waals surface area (Å²) < 4.78 is 29.3. The number of methoxy groups -OCH3 is 3. The van der Waals surface area contributed by atoms with Crippen LogP contribution in [0.3, 0.4) is 0 Å². The van der Waals surface area contributed by atoms with Gasteiger partial charge in [-0.25, -0.2) is 14.4 Å². The number of ether oxygens (including phenoxy) is 3. The van der Waals surface area contributed by atoms with Gasteiger partial charge in [-0.2, -0.15) is 0 Å². The van der Waals surface area contributed by atoms with Crippen molar-refractivity contribution in [2.45, 2.75) is 18.8 Å². The van der Waals surface area contributed by atoms with Crippen molar-refractivity contribution in [1.82, 2.24) is 9.97 Å². The normalized spacial score (nSPS) is 14.9. The molecule has 1 atom stereocenters. The summed E-state index contributed by atoms with van der Waals surface area (Å²) in [7, 11) is 4.59. The minimum atomic E-state index is -0.474. The van der Waals surface area contributed by atoms with Gasteiger partial charge in [-0.05, 0) is 54.3 Å². The maximum atomic E-state index is 13.1. The Labute approximate surface area is 189 Å². The number of nitrogens with zero attached hydrogens (tertiary/aromatic N) is 2. The molecule has 0 aliphatic heterocycles. The minimum Gasteiger partial charge on any atom is -0.493 e. The number of nitrogens with one attached hydrogen (secondary N) is 1. The molecule has 1 amide bonds. The van der Waals surface area contributed by atoms with Gasteiger partial charge < -0.3 is 14.2 Å². The summed E-state index contributed by atoms with van der Waals surface area (Å²) in [6.07, 6.45) is 2.16. The Morgan fingerprint density at radius 3 is 2.30 bits per heavy atom. The molecule has 0 bridgehead atoms. The first-order valence-corrected chi connectivity index (χ1v) is 10.2. The standard InChI is InChI=1S/C24H22FN3O5/c1-31-20-10-15(11-21(32-2)22(20)33-3)14-8-18-17(19(29)9-14)12-26-24(27-18)28-23(30)13-4-6-16(25)7-5-13/h4-7,10-12,14H,8-9H2,1-3H3,(H,26,27,28,30)/t14-/m0/s1. The molecule has 4 rings (SSSR count). The highest BCUT2D eigenvalue weighted by molar-refractivity contribution is 6.03. The Balaban J connectivity index is 1.61. The van der Waals surface area contributed by atoms with Crippen LogP contribution in [0.25, 0.3) is 0 Å². The van der Waals surface area contributed by atoms with Crippen LogP contribution in [0.2, 0.25) is 0 Å². The first kappa shape index (κ1) is 22.2. The highest BCUT2D eigenvalue weighted by Gasteiger charge is 2.30. The van der Waals surface area contributed by atoms with E-state index in [9.17, 15) is 14.0 Å². The lowest BCUT2D eigenvalue weighted by Gasteiger charge is -2.24. The van der Waals surface area contributed by atoms with Gasteiger partial charge in [-0.15, -0.1) is 0 Å². The van der Waals surface area contributed by atoms with Gasteiger partial charge in [0.05, 0.1) is 32.6 Å². The first-order valence-electron chi connectivity index (χ1n) is 10.2. The molecular weight excluding hydrogens is 429 g/mol. The largest absolute Gasteiger partial charge is 0.493 e. The van der Waals surface area contributed by atoms with Crippen LogP contribution in [0, 0.1) is 5.82 Å². The summed E-state index contributed by atoms with van der Waals surface area (Å²) >= 11 is 0. The molecule has 1 heterocycles. The molecule has 2 aromatic carbocycles. The van der Waals surface area contributed by atoms with E-state index in [1.807, 2.05) is 12.1 Å². The van der Waals surface area contributed by atoms with Crippen LogP contribution in [0.1, 0.15) is 44.3 Å². The van der Waals surface area contributed by atoms with Gasteiger partial charge >= 0.3 is 0 Å². The fraction of sp³-hybridized carbons (Fsp3) is 0.250. The van der Waals surface area contributed by atoms with E-state index in [-0.39, 0.29) is 29.6 Å². The summed E-state index contributed by atoms with van der Waals surface area (Å²) in [5, 5.41) is 2.60. The number of carbonyl (C=O) groups is 2. The van der Waals surface area contributed by atoms with E-state index in [1.165, 1.54) is 51.8 Å². The molecule has 8 nitrogen and oxygen atoms in total. The number of carbonyl (C=O) groups excluding carboxylic acids is 2. The fourth-order valence-electron chi connectivity index (χ4n) is 3.85. The number of ketones is 1. The number of fused-ring (bicyclic) bond motifs is 1. The quantitative estimate of drug-likeness (QED) is 0.608. The first-order chi connectivity index (χ1) is 15.9. The highest BCUT2D eigenvalue weighted by atomic mass is 19.1. The Bertz CT molecular complexity index is 1190. The molecule has 170 valence electrons. The minimum absolute atomic E-state index is 0.0708. The summed E-state index contributed by atoms with van der Waals surface area (Å²) in [6, 6.07) is 8.78. The van der Waals surface area contributed by atoms with Crippen molar-refractivity contribution in [3.8, 4) is 17.2 Å². The van der Waals surface area contributed by atoms with Crippen LogP contribution >= 0.6 is 0 Å². The van der Waals surface area contributed by atoms with E-state index in [0.717, 1.165) is 5.56 Å². The number of benzene rings is 2. The van der Waals surface area contributed by atoms with Gasteiger partial charge in [0.1, 0.15) is 5.82 Å². The molecule has 0 spiro atoms. The molecule has 3 aromatic rings. The molecule has 9 heteroatoms. The Kier molecular flexibility index (Phi) is 6.21. The molecule has 0 saturated heterocycles. The summed E-state index contributed by atoms with van der Waals surface area (Å²) in [6.45, 7) is 0. The van der Waals surface area contributed by atoms with Crippen LogP contribution in [0.5, 0.6) is 17.2 Å². The molecule has 1 aliphatic rings. The third kappa shape index (κ3) is 4.48. The third-order valence-corrected chi connectivity index (χ3v) is 5.53. The average Bonchev–Trinajstić information content (AvgIpc) is 2.83. The van der Waals surface area contributed by atoms with Gasteiger partial charge in [0.2, 0.25) is 11.7 Å². The molecule has 1 aromatic heterocycles. The number of anilines is 1. The number of amides is 1. The maximum absolute atomic E-state index is 13.1. The fourth-order valence-corrected chi connectivity index (χ4v) is 3.85. The number of aromatic nitrogens is 2. The Morgan fingerprint density at radius 1 is 1.03 bits per heavy atom. The zero-order valence-electron chi connectivity index (χ0n) is 18.3. The summed E-state index contributed by atoms with van der Waals surface area (Å²) in [5.74, 6) is 0.368. The molecule has 0 saturated carbocycles. The van der Waals surface area contributed by atoms with E-state index in [1.54, 1.807) is 0 Å². The number of hydrogen-bond acceptors (Lipinski definition) is 7. The van der Waals surface area contributed by atoms with E-state index in [0.29, 0.717) is 34.9 Å². The molecule has 33 heavy (non-hydrogen) atoms. The lowest BCUT2D eigenvalue weighted by molar-refractivity contribution is 0.0962. The van der Waals surface area contributed by atoms with Crippen molar-refractivity contribution in [3.63, 3.8) is 0 Å². The lowest BCUT2D eigenvalue weighted by atomic mass is 9.82. The number of halogens is 1. The number of hydrogen-bond donors (Lipinski definition) is 1. The van der Waals surface area contributed by atoms with Crippen molar-refractivity contribution in [2.24, 2.45) is 0 Å². The molecule has 0 fully saturated rings. The highest BCUT2D eigenvalue weighted by Crippen LogP contribution is 2.42. The second kappa shape index (κ2) is 9.23. The Hall–Kier alpha value is -4.01. The van der Waals surface area contributed by atoms with Crippen LogP contribution in [-0.2, 0) is 6.42 Å². The van der Waals surface area contributed by atoms with E-state index in [2.05, 4.69) is 15.3 Å². The number of Topliss-reactive ketones (excluding diaryl/α,β-unsaturated/α-hetero) is 1. The summed E-state index contributed by atoms with van der Waals surface area (Å²) in [5.41, 5.74) is 2.08. The van der Waals surface area contributed by atoms with E-state index in [4.69, 9.17) is 14.2 Å². The molecule has 0 unspecified atom stereocenters. The third-order valence-electron chi connectivity index (χ3n) is 5.53. The van der Waals surface area contributed by atoms with E-state index >= 15 is 0 Å². The van der Waals surface area contributed by atoms with Gasteiger partial charge in [-0.3, -0.25) is 14.9 Å².